The molecule has 1 fully saturated rings. The van der Waals surface area contributed by atoms with Gasteiger partial charge in [0.1, 0.15) is 4.34 Å². The van der Waals surface area contributed by atoms with Crippen LogP contribution in [0.4, 0.5) is 0 Å². The Morgan fingerprint density at radius 2 is 2.08 bits per heavy atom. The molecule has 24 heavy (non-hydrogen) atoms. The second-order valence-corrected chi connectivity index (χ2v) is 8.54. The van der Waals surface area contributed by atoms with Crippen LogP contribution >= 0.6 is 23.1 Å². The van der Waals surface area contributed by atoms with Crippen molar-refractivity contribution in [2.75, 3.05) is 45.5 Å². The summed E-state index contributed by atoms with van der Waals surface area (Å²) < 4.78 is 1.16. The van der Waals surface area contributed by atoms with Crippen molar-refractivity contribution in [3.05, 3.63) is 11.6 Å². The van der Waals surface area contributed by atoms with Crippen molar-refractivity contribution in [1.29, 1.82) is 0 Å². The van der Waals surface area contributed by atoms with Crippen molar-refractivity contribution in [3.8, 4) is 0 Å². The van der Waals surface area contributed by atoms with Gasteiger partial charge in [-0.3, -0.25) is 4.99 Å². The lowest BCUT2D eigenvalue weighted by Crippen LogP contribution is -2.40. The quantitative estimate of drug-likeness (QED) is 0.303. The maximum absolute atomic E-state index is 4.29. The van der Waals surface area contributed by atoms with Gasteiger partial charge in [0.05, 0.1) is 0 Å². The van der Waals surface area contributed by atoms with E-state index >= 15 is 0 Å². The Kier molecular flexibility index (Phi) is 9.53. The topological polar surface area (TPSA) is 52.6 Å². The van der Waals surface area contributed by atoms with Gasteiger partial charge in [-0.2, -0.15) is 0 Å². The molecule has 2 heterocycles. The molecule has 1 saturated heterocycles. The van der Waals surface area contributed by atoms with Gasteiger partial charge in [0.15, 0.2) is 5.96 Å². The number of aromatic nitrogens is 1. The van der Waals surface area contributed by atoms with E-state index in [1.54, 1.807) is 11.3 Å². The van der Waals surface area contributed by atoms with Crippen LogP contribution in [-0.2, 0) is 0 Å². The van der Waals surface area contributed by atoms with Gasteiger partial charge in [-0.05, 0) is 51.2 Å². The van der Waals surface area contributed by atoms with Crippen molar-refractivity contribution in [1.82, 2.24) is 20.5 Å². The molecule has 0 bridgehead atoms. The minimum Gasteiger partial charge on any atom is -0.356 e. The molecular formula is C17H31N5S2. The average Bonchev–Trinajstić information content (AvgIpc) is 3.11. The van der Waals surface area contributed by atoms with E-state index in [0.29, 0.717) is 0 Å². The molecule has 0 spiro atoms. The van der Waals surface area contributed by atoms with Gasteiger partial charge in [0.25, 0.3) is 0 Å². The Hall–Kier alpha value is -0.790. The first-order valence-electron chi connectivity index (χ1n) is 8.97. The standard InChI is InChI=1S/C17H31N5S2/c1-15-5-11-22(12-6-15)10-3-7-19-16(18-2)20-8-4-13-23-17-21-9-14-24-17/h9,14-15H,3-8,10-13H2,1-2H3,(H2,18,19,20). The summed E-state index contributed by atoms with van der Waals surface area (Å²) in [5, 5.41) is 8.83. The van der Waals surface area contributed by atoms with Crippen LogP contribution in [0.1, 0.15) is 32.6 Å². The molecule has 2 N–H and O–H groups in total. The van der Waals surface area contributed by atoms with E-state index in [0.717, 1.165) is 41.5 Å². The number of piperidine rings is 1. The maximum Gasteiger partial charge on any atom is 0.190 e. The summed E-state index contributed by atoms with van der Waals surface area (Å²) in [6.45, 7) is 8.03. The summed E-state index contributed by atoms with van der Waals surface area (Å²) >= 11 is 3.53. The fraction of sp³-hybridized carbons (Fsp3) is 0.765. The Labute approximate surface area is 154 Å². The van der Waals surface area contributed by atoms with Gasteiger partial charge in [-0.15, -0.1) is 11.3 Å². The fourth-order valence-corrected chi connectivity index (χ4v) is 4.38. The van der Waals surface area contributed by atoms with Crippen LogP contribution in [-0.4, -0.2) is 61.4 Å². The molecule has 7 heteroatoms. The van der Waals surface area contributed by atoms with Crippen molar-refractivity contribution in [3.63, 3.8) is 0 Å². The van der Waals surface area contributed by atoms with E-state index < -0.39 is 0 Å². The molecule has 0 aromatic carbocycles. The largest absolute Gasteiger partial charge is 0.356 e. The number of thioether (sulfide) groups is 1. The van der Waals surface area contributed by atoms with E-state index in [1.165, 1.54) is 38.9 Å². The highest BCUT2D eigenvalue weighted by molar-refractivity contribution is 8.00. The predicted molar refractivity (Wildman–Crippen MR) is 106 cm³/mol. The SMILES string of the molecule is CN=C(NCCCSc1nccs1)NCCCN1CCC(C)CC1. The van der Waals surface area contributed by atoms with Gasteiger partial charge in [0, 0.05) is 37.5 Å². The summed E-state index contributed by atoms with van der Waals surface area (Å²) in [5.74, 6) is 2.92. The fourth-order valence-electron chi connectivity index (χ4n) is 2.74. The number of likely N-dealkylation sites (tertiary alicyclic amines) is 1. The van der Waals surface area contributed by atoms with E-state index in [1.807, 2.05) is 30.4 Å². The van der Waals surface area contributed by atoms with Gasteiger partial charge >= 0.3 is 0 Å². The molecule has 1 aliphatic heterocycles. The van der Waals surface area contributed by atoms with Crippen LogP contribution in [0.15, 0.2) is 20.9 Å². The lowest BCUT2D eigenvalue weighted by atomic mass is 9.99. The molecule has 1 aromatic heterocycles. The molecule has 5 nitrogen and oxygen atoms in total. The molecule has 0 aliphatic carbocycles. The zero-order valence-electron chi connectivity index (χ0n) is 15.0. The third-order valence-corrected chi connectivity index (χ3v) is 6.34. The van der Waals surface area contributed by atoms with Crippen LogP contribution < -0.4 is 10.6 Å². The average molecular weight is 370 g/mol. The minimum absolute atomic E-state index is 0.913. The van der Waals surface area contributed by atoms with Crippen LogP contribution in [0.5, 0.6) is 0 Å². The van der Waals surface area contributed by atoms with E-state index in [9.17, 15) is 0 Å². The van der Waals surface area contributed by atoms with Crippen LogP contribution in [0.3, 0.4) is 0 Å². The molecule has 0 saturated carbocycles. The highest BCUT2D eigenvalue weighted by atomic mass is 32.2. The number of hydrogen-bond donors (Lipinski definition) is 2. The number of hydrogen-bond acceptors (Lipinski definition) is 5. The van der Waals surface area contributed by atoms with Crippen molar-refractivity contribution in [2.45, 2.75) is 36.9 Å². The van der Waals surface area contributed by atoms with Crippen molar-refractivity contribution >= 4 is 29.1 Å². The first-order valence-corrected chi connectivity index (χ1v) is 10.8. The van der Waals surface area contributed by atoms with Crippen LogP contribution in [0.25, 0.3) is 0 Å². The third kappa shape index (κ3) is 7.85. The molecule has 1 aromatic rings. The number of rotatable bonds is 9. The summed E-state index contributed by atoms with van der Waals surface area (Å²) in [6, 6.07) is 0. The summed E-state index contributed by atoms with van der Waals surface area (Å²) in [5.41, 5.74) is 0. The monoisotopic (exact) mass is 369 g/mol. The number of nitrogens with one attached hydrogen (secondary N) is 2. The summed E-state index contributed by atoms with van der Waals surface area (Å²) in [6.07, 6.45) is 6.86. The first kappa shape index (κ1) is 19.5. The highest BCUT2D eigenvalue weighted by Crippen LogP contribution is 2.20. The first-order chi connectivity index (χ1) is 11.8. The molecular weight excluding hydrogens is 338 g/mol. The Bertz CT molecular complexity index is 456. The Morgan fingerprint density at radius 1 is 1.33 bits per heavy atom. The van der Waals surface area contributed by atoms with Crippen LogP contribution in [0.2, 0.25) is 0 Å². The Balaban J connectivity index is 1.46. The maximum atomic E-state index is 4.29. The minimum atomic E-state index is 0.913. The second-order valence-electron chi connectivity index (χ2n) is 6.30. The normalized spacial score (nSPS) is 17.2. The highest BCUT2D eigenvalue weighted by Gasteiger charge is 2.14. The van der Waals surface area contributed by atoms with E-state index in [2.05, 4.69) is 32.4 Å². The zero-order chi connectivity index (χ0) is 17.0. The molecule has 1 aliphatic rings. The zero-order valence-corrected chi connectivity index (χ0v) is 16.6. The molecule has 2 rings (SSSR count). The second kappa shape index (κ2) is 11.7. The van der Waals surface area contributed by atoms with Gasteiger partial charge < -0.3 is 15.5 Å². The number of aliphatic imine (C=N–C) groups is 1. The smallest absolute Gasteiger partial charge is 0.190 e. The lowest BCUT2D eigenvalue weighted by molar-refractivity contribution is 0.191. The van der Waals surface area contributed by atoms with Gasteiger partial charge in [0.2, 0.25) is 0 Å². The van der Waals surface area contributed by atoms with Crippen LogP contribution in [0, 0.1) is 5.92 Å². The summed E-state index contributed by atoms with van der Waals surface area (Å²) in [4.78, 5) is 11.2. The molecule has 0 radical (unpaired) electrons. The number of thiazole rings is 1. The Morgan fingerprint density at radius 3 is 2.75 bits per heavy atom. The summed E-state index contributed by atoms with van der Waals surface area (Å²) in [7, 11) is 1.84. The lowest BCUT2D eigenvalue weighted by Gasteiger charge is -2.30. The molecule has 136 valence electrons. The van der Waals surface area contributed by atoms with E-state index in [-0.39, 0.29) is 0 Å². The molecule has 0 unspecified atom stereocenters. The van der Waals surface area contributed by atoms with E-state index in [4.69, 9.17) is 0 Å². The third-order valence-electron chi connectivity index (χ3n) is 4.29. The molecule has 0 amide bonds. The molecule has 0 atom stereocenters. The number of nitrogens with zero attached hydrogens (tertiary/aromatic N) is 3. The van der Waals surface area contributed by atoms with Crippen molar-refractivity contribution in [2.24, 2.45) is 10.9 Å². The van der Waals surface area contributed by atoms with Crippen molar-refractivity contribution < 1.29 is 0 Å². The number of guanidine groups is 1. The predicted octanol–water partition coefficient (Wildman–Crippen LogP) is 2.91. The van der Waals surface area contributed by atoms with Gasteiger partial charge in [-0.1, -0.05) is 18.7 Å². The van der Waals surface area contributed by atoms with Gasteiger partial charge in [-0.25, -0.2) is 4.98 Å².